The zero-order valence-electron chi connectivity index (χ0n) is 16.6. The number of hydrogen-bond acceptors (Lipinski definition) is 3. The molecule has 2 fully saturated rings. The van der Waals surface area contributed by atoms with Crippen molar-refractivity contribution < 1.29 is 22.8 Å². The number of nitrogens with one attached hydrogen (secondary N) is 1. The number of carbonyl (C=O) groups excluding carboxylic acids is 2. The molecular weight excluding hydrogens is 403 g/mol. The van der Waals surface area contributed by atoms with Crippen LogP contribution in [0.2, 0.25) is 0 Å². The summed E-state index contributed by atoms with van der Waals surface area (Å²) >= 11 is 1.75. The third-order valence-electron chi connectivity index (χ3n) is 5.37. The van der Waals surface area contributed by atoms with Crippen LogP contribution in [-0.2, 0) is 11.0 Å². The number of amides is 3. The van der Waals surface area contributed by atoms with Crippen molar-refractivity contribution in [3.63, 3.8) is 0 Å². The molecule has 2 heterocycles. The van der Waals surface area contributed by atoms with Crippen molar-refractivity contribution in [3.8, 4) is 0 Å². The van der Waals surface area contributed by atoms with E-state index in [1.54, 1.807) is 11.8 Å². The molecule has 2 aliphatic heterocycles. The lowest BCUT2D eigenvalue weighted by Crippen LogP contribution is -2.54. The van der Waals surface area contributed by atoms with E-state index in [1.807, 2.05) is 18.7 Å². The number of hydrogen-bond donors (Lipinski definition) is 1. The first-order chi connectivity index (χ1) is 13.6. The lowest BCUT2D eigenvalue weighted by Gasteiger charge is -2.44. The van der Waals surface area contributed by atoms with Crippen LogP contribution in [0.5, 0.6) is 0 Å². The summed E-state index contributed by atoms with van der Waals surface area (Å²) in [4.78, 5) is 28.4. The molecule has 1 spiro atoms. The highest BCUT2D eigenvalue weighted by Gasteiger charge is 2.46. The third-order valence-corrected chi connectivity index (χ3v) is 6.92. The fourth-order valence-corrected chi connectivity index (χ4v) is 5.40. The van der Waals surface area contributed by atoms with Crippen LogP contribution in [-0.4, -0.2) is 52.0 Å². The Labute approximate surface area is 173 Å². The normalized spacial score (nSPS) is 19.1. The maximum atomic E-state index is 13.1. The molecule has 0 bridgehead atoms. The van der Waals surface area contributed by atoms with E-state index in [0.29, 0.717) is 38.9 Å². The van der Waals surface area contributed by atoms with Crippen molar-refractivity contribution in [1.82, 2.24) is 9.80 Å². The first-order valence-electron chi connectivity index (χ1n) is 9.79. The Bertz CT molecular complexity index is 762. The summed E-state index contributed by atoms with van der Waals surface area (Å²) in [6.45, 7) is 5.54. The van der Waals surface area contributed by atoms with E-state index < -0.39 is 17.8 Å². The van der Waals surface area contributed by atoms with Crippen molar-refractivity contribution in [2.75, 3.05) is 30.7 Å². The van der Waals surface area contributed by atoms with E-state index >= 15 is 0 Å². The first kappa shape index (κ1) is 21.8. The van der Waals surface area contributed by atoms with Gasteiger partial charge in [0.25, 0.3) is 0 Å². The van der Waals surface area contributed by atoms with Gasteiger partial charge in [-0.25, -0.2) is 4.79 Å². The Morgan fingerprint density at radius 1 is 1.17 bits per heavy atom. The molecule has 0 aromatic heterocycles. The average molecular weight is 430 g/mol. The molecule has 3 amide bonds. The van der Waals surface area contributed by atoms with Gasteiger partial charge in [0.05, 0.1) is 16.1 Å². The van der Waals surface area contributed by atoms with Crippen LogP contribution in [0.4, 0.5) is 23.7 Å². The van der Waals surface area contributed by atoms with Crippen LogP contribution in [0.15, 0.2) is 24.3 Å². The molecule has 1 N–H and O–H groups in total. The van der Waals surface area contributed by atoms with Gasteiger partial charge in [0.15, 0.2) is 0 Å². The van der Waals surface area contributed by atoms with Crippen LogP contribution in [0.3, 0.4) is 0 Å². The molecule has 0 atom stereocenters. The number of urea groups is 1. The first-order valence-corrected chi connectivity index (χ1v) is 10.8. The molecule has 0 unspecified atom stereocenters. The van der Waals surface area contributed by atoms with Crippen molar-refractivity contribution in [3.05, 3.63) is 29.8 Å². The largest absolute Gasteiger partial charge is 0.418 e. The van der Waals surface area contributed by atoms with Gasteiger partial charge in [0.2, 0.25) is 5.91 Å². The number of thioether (sulfide) groups is 1. The summed E-state index contributed by atoms with van der Waals surface area (Å²) in [5.74, 6) is 1.29. The molecule has 0 saturated carbocycles. The van der Waals surface area contributed by atoms with Gasteiger partial charge in [0.1, 0.15) is 0 Å². The molecule has 5 nitrogen and oxygen atoms in total. The van der Waals surface area contributed by atoms with Gasteiger partial charge in [0, 0.05) is 31.8 Å². The number of carbonyl (C=O) groups is 2. The van der Waals surface area contributed by atoms with Gasteiger partial charge >= 0.3 is 12.2 Å². The molecule has 0 radical (unpaired) electrons. The second-order valence-electron chi connectivity index (χ2n) is 7.90. The summed E-state index contributed by atoms with van der Waals surface area (Å²) in [6, 6.07) is 4.42. The Morgan fingerprint density at radius 2 is 1.83 bits per heavy atom. The fraction of sp³-hybridized carbons (Fsp3) is 0.600. The molecule has 3 rings (SSSR count). The zero-order valence-corrected chi connectivity index (χ0v) is 17.4. The minimum absolute atomic E-state index is 0.141. The SMILES string of the molecule is CC(C)CC(=O)N1CCSC12CCN(C(=O)Nc1ccccc1C(F)(F)F)CC2. The van der Waals surface area contributed by atoms with Crippen molar-refractivity contribution in [1.29, 1.82) is 0 Å². The summed E-state index contributed by atoms with van der Waals surface area (Å²) in [7, 11) is 0. The molecule has 1 aromatic carbocycles. The Morgan fingerprint density at radius 3 is 2.45 bits per heavy atom. The molecule has 0 aliphatic carbocycles. The average Bonchev–Trinajstić information content (AvgIpc) is 3.04. The summed E-state index contributed by atoms with van der Waals surface area (Å²) in [5, 5.41) is 2.41. The van der Waals surface area contributed by atoms with Crippen molar-refractivity contribution in [2.24, 2.45) is 5.92 Å². The van der Waals surface area contributed by atoms with E-state index in [2.05, 4.69) is 5.32 Å². The van der Waals surface area contributed by atoms with Crippen LogP contribution in [0.25, 0.3) is 0 Å². The minimum atomic E-state index is -4.53. The summed E-state index contributed by atoms with van der Waals surface area (Å²) in [5.41, 5.74) is -1.10. The molecule has 1 aromatic rings. The quantitative estimate of drug-likeness (QED) is 0.761. The van der Waals surface area contributed by atoms with Crippen LogP contribution < -0.4 is 5.32 Å². The highest BCUT2D eigenvalue weighted by molar-refractivity contribution is 8.00. The van der Waals surface area contributed by atoms with Crippen LogP contribution in [0, 0.1) is 5.92 Å². The maximum Gasteiger partial charge on any atom is 0.418 e. The highest BCUT2D eigenvalue weighted by atomic mass is 32.2. The van der Waals surface area contributed by atoms with Gasteiger partial charge in [-0.3, -0.25) is 4.79 Å². The van der Waals surface area contributed by atoms with Gasteiger partial charge in [-0.1, -0.05) is 26.0 Å². The lowest BCUT2D eigenvalue weighted by atomic mass is 10.0. The monoisotopic (exact) mass is 429 g/mol. The Hall–Kier alpha value is -1.90. The van der Waals surface area contributed by atoms with E-state index in [1.165, 1.54) is 23.1 Å². The Kier molecular flexibility index (Phi) is 6.36. The number of benzene rings is 1. The number of likely N-dealkylation sites (tertiary alicyclic amines) is 1. The summed E-state index contributed by atoms with van der Waals surface area (Å²) < 4.78 is 39.4. The molecule has 2 aliphatic rings. The van der Waals surface area contributed by atoms with Gasteiger partial charge in [-0.15, -0.1) is 11.8 Å². The molecule has 29 heavy (non-hydrogen) atoms. The Balaban J connectivity index is 1.64. The number of para-hydroxylation sites is 1. The molecule has 160 valence electrons. The van der Waals surface area contributed by atoms with E-state index in [4.69, 9.17) is 0 Å². The predicted octanol–water partition coefficient (Wildman–Crippen LogP) is 4.65. The highest BCUT2D eigenvalue weighted by Crippen LogP contribution is 2.44. The number of anilines is 1. The minimum Gasteiger partial charge on any atom is -0.327 e. The second kappa shape index (κ2) is 8.45. The van der Waals surface area contributed by atoms with E-state index in [0.717, 1.165) is 11.8 Å². The fourth-order valence-electron chi connectivity index (χ4n) is 3.93. The smallest absolute Gasteiger partial charge is 0.327 e. The second-order valence-corrected chi connectivity index (χ2v) is 9.36. The topological polar surface area (TPSA) is 52.7 Å². The number of piperidine rings is 1. The predicted molar refractivity (Wildman–Crippen MR) is 108 cm³/mol. The number of halogens is 3. The number of alkyl halides is 3. The summed E-state index contributed by atoms with van der Waals surface area (Å²) in [6.07, 6.45) is -2.79. The number of rotatable bonds is 3. The molecule has 9 heteroatoms. The molecule has 2 saturated heterocycles. The number of nitrogens with zero attached hydrogens (tertiary/aromatic N) is 2. The van der Waals surface area contributed by atoms with E-state index in [9.17, 15) is 22.8 Å². The van der Waals surface area contributed by atoms with E-state index in [-0.39, 0.29) is 22.4 Å². The van der Waals surface area contributed by atoms with Crippen molar-refractivity contribution >= 4 is 29.4 Å². The van der Waals surface area contributed by atoms with Gasteiger partial charge in [-0.2, -0.15) is 13.2 Å². The molecular formula is C20H26F3N3O2S. The zero-order chi connectivity index (χ0) is 21.2. The standard InChI is InChI=1S/C20H26F3N3O2S/c1-14(2)13-17(27)26-11-12-29-19(26)7-9-25(10-8-19)18(28)24-16-6-4-3-5-15(16)20(21,22)23/h3-6,14H,7-13H2,1-2H3,(H,24,28). The van der Waals surface area contributed by atoms with Crippen molar-refractivity contribution in [2.45, 2.75) is 44.2 Å². The van der Waals surface area contributed by atoms with Gasteiger partial charge < -0.3 is 15.1 Å². The third kappa shape index (κ3) is 4.82. The lowest BCUT2D eigenvalue weighted by molar-refractivity contribution is -0.137. The maximum absolute atomic E-state index is 13.1. The van der Waals surface area contributed by atoms with Crippen LogP contribution in [0.1, 0.15) is 38.7 Å². The van der Waals surface area contributed by atoms with Crippen LogP contribution >= 0.6 is 11.8 Å². The van der Waals surface area contributed by atoms with Gasteiger partial charge in [-0.05, 0) is 30.9 Å².